The lowest BCUT2D eigenvalue weighted by molar-refractivity contribution is -0.384. The van der Waals surface area contributed by atoms with Gasteiger partial charge in [0.1, 0.15) is 5.69 Å². The van der Waals surface area contributed by atoms with E-state index in [4.69, 9.17) is 5.73 Å². The molecule has 0 atom stereocenters. The maximum atomic E-state index is 12.0. The number of carbonyl (C=O) groups excluding carboxylic acids is 1. The van der Waals surface area contributed by atoms with Crippen molar-refractivity contribution >= 4 is 24.0 Å². The van der Waals surface area contributed by atoms with Crippen LogP contribution in [0.5, 0.6) is 0 Å². The van der Waals surface area contributed by atoms with E-state index in [0.717, 1.165) is 0 Å². The number of amides is 1. The highest BCUT2D eigenvalue weighted by atomic mass is 35.5. The van der Waals surface area contributed by atoms with Crippen molar-refractivity contribution in [3.05, 3.63) is 28.1 Å². The molecular weight excluding hydrogens is 272 g/mol. The van der Waals surface area contributed by atoms with Crippen LogP contribution in [0.2, 0.25) is 0 Å². The highest BCUT2D eigenvalue weighted by molar-refractivity contribution is 5.93. The lowest BCUT2D eigenvalue weighted by atomic mass is 9.93. The molecule has 0 aliphatic rings. The van der Waals surface area contributed by atoms with Crippen molar-refractivity contribution in [2.45, 2.75) is 32.2 Å². The zero-order valence-corrected chi connectivity index (χ0v) is 11.8. The number of rotatable bonds is 6. The fraction of sp³-hybridized carbons (Fsp3) is 0.545. The minimum absolute atomic E-state index is 0. The van der Waals surface area contributed by atoms with E-state index in [0.29, 0.717) is 19.4 Å². The third-order valence-corrected chi connectivity index (χ3v) is 3.25. The summed E-state index contributed by atoms with van der Waals surface area (Å²) in [5.41, 5.74) is 5.25. The Labute approximate surface area is 117 Å². The molecule has 0 spiro atoms. The Balaban J connectivity index is 0.00000324. The molecule has 0 radical (unpaired) electrons. The molecule has 0 unspecified atom stereocenters. The summed E-state index contributed by atoms with van der Waals surface area (Å²) in [6, 6.07) is 1.21. The summed E-state index contributed by atoms with van der Waals surface area (Å²) in [4.78, 5) is 24.5. The number of nitrogens with zero attached hydrogens (tertiary/aromatic N) is 1. The Kier molecular flexibility index (Phi) is 6.51. The highest BCUT2D eigenvalue weighted by Gasteiger charge is 2.27. The largest absolute Gasteiger partial charge is 0.351 e. The van der Waals surface area contributed by atoms with Gasteiger partial charge >= 0.3 is 0 Å². The highest BCUT2D eigenvalue weighted by Crippen LogP contribution is 2.16. The molecule has 1 aromatic rings. The number of hydrogen-bond donors (Lipinski definition) is 3. The van der Waals surface area contributed by atoms with Gasteiger partial charge in [-0.15, -0.1) is 12.4 Å². The SMILES string of the molecule is CCC(CC)(CN)NC(=O)c1cc([N+](=O)[O-])c[nH]1.Cl. The lowest BCUT2D eigenvalue weighted by Gasteiger charge is -2.31. The molecule has 108 valence electrons. The molecule has 8 heteroatoms. The molecule has 1 rings (SSSR count). The Morgan fingerprint density at radius 3 is 2.47 bits per heavy atom. The second-order valence-electron chi connectivity index (χ2n) is 4.17. The lowest BCUT2D eigenvalue weighted by Crippen LogP contribution is -2.52. The number of aromatic amines is 1. The van der Waals surface area contributed by atoms with Crippen LogP contribution in [0.15, 0.2) is 12.3 Å². The van der Waals surface area contributed by atoms with Crippen LogP contribution in [0, 0.1) is 10.1 Å². The van der Waals surface area contributed by atoms with E-state index in [9.17, 15) is 14.9 Å². The van der Waals surface area contributed by atoms with Gasteiger partial charge in [-0.05, 0) is 12.8 Å². The van der Waals surface area contributed by atoms with Gasteiger partial charge in [-0.2, -0.15) is 0 Å². The Morgan fingerprint density at radius 1 is 1.53 bits per heavy atom. The van der Waals surface area contributed by atoms with Gasteiger partial charge in [0, 0.05) is 12.6 Å². The van der Waals surface area contributed by atoms with Gasteiger partial charge in [0.25, 0.3) is 11.6 Å². The van der Waals surface area contributed by atoms with Crippen molar-refractivity contribution in [1.29, 1.82) is 0 Å². The summed E-state index contributed by atoms with van der Waals surface area (Å²) in [6.45, 7) is 4.20. The van der Waals surface area contributed by atoms with E-state index in [-0.39, 0.29) is 29.7 Å². The average molecular weight is 291 g/mol. The van der Waals surface area contributed by atoms with Crippen LogP contribution < -0.4 is 11.1 Å². The van der Waals surface area contributed by atoms with E-state index in [2.05, 4.69) is 10.3 Å². The summed E-state index contributed by atoms with van der Waals surface area (Å²) in [7, 11) is 0. The summed E-state index contributed by atoms with van der Waals surface area (Å²) in [5, 5.41) is 13.4. The number of aromatic nitrogens is 1. The van der Waals surface area contributed by atoms with E-state index < -0.39 is 10.5 Å². The van der Waals surface area contributed by atoms with Crippen LogP contribution in [-0.4, -0.2) is 27.9 Å². The Bertz CT molecular complexity index is 435. The summed E-state index contributed by atoms with van der Waals surface area (Å²) in [6.07, 6.45) is 2.60. The van der Waals surface area contributed by atoms with Crippen molar-refractivity contribution in [2.75, 3.05) is 6.54 Å². The molecule has 7 nitrogen and oxygen atoms in total. The minimum Gasteiger partial charge on any atom is -0.351 e. The van der Waals surface area contributed by atoms with Crippen LogP contribution in [0.4, 0.5) is 5.69 Å². The quantitative estimate of drug-likeness (QED) is 0.545. The number of nitro groups is 1. The number of carbonyl (C=O) groups is 1. The van der Waals surface area contributed by atoms with Crippen LogP contribution >= 0.6 is 12.4 Å². The molecule has 1 heterocycles. The first-order valence-electron chi connectivity index (χ1n) is 5.83. The maximum Gasteiger partial charge on any atom is 0.287 e. The standard InChI is InChI=1S/C11H18N4O3.ClH/c1-3-11(4-2,7-12)14-10(16)9-5-8(6-13-9)15(17)18;/h5-6,13H,3-4,7,12H2,1-2H3,(H,14,16);1H. The topological polar surface area (TPSA) is 114 Å². The zero-order valence-electron chi connectivity index (χ0n) is 10.9. The monoisotopic (exact) mass is 290 g/mol. The maximum absolute atomic E-state index is 12.0. The van der Waals surface area contributed by atoms with Gasteiger partial charge in [-0.1, -0.05) is 13.8 Å². The van der Waals surface area contributed by atoms with Gasteiger partial charge in [-0.25, -0.2) is 0 Å². The summed E-state index contributed by atoms with van der Waals surface area (Å²) < 4.78 is 0. The predicted octanol–water partition coefficient (Wildman–Crippen LogP) is 1.59. The third-order valence-electron chi connectivity index (χ3n) is 3.25. The first kappa shape index (κ1) is 17.4. The molecule has 0 aliphatic heterocycles. The van der Waals surface area contributed by atoms with Crippen LogP contribution in [0.1, 0.15) is 37.2 Å². The molecule has 1 aromatic heterocycles. The number of halogens is 1. The molecule has 0 fully saturated rings. The molecule has 0 bridgehead atoms. The molecule has 19 heavy (non-hydrogen) atoms. The molecule has 4 N–H and O–H groups in total. The fourth-order valence-corrected chi connectivity index (χ4v) is 1.69. The molecule has 0 aromatic carbocycles. The summed E-state index contributed by atoms with van der Waals surface area (Å²) in [5.74, 6) is -0.378. The van der Waals surface area contributed by atoms with Crippen molar-refractivity contribution in [3.63, 3.8) is 0 Å². The van der Waals surface area contributed by atoms with Crippen molar-refractivity contribution in [1.82, 2.24) is 10.3 Å². The van der Waals surface area contributed by atoms with Crippen molar-refractivity contribution < 1.29 is 9.72 Å². The number of nitrogens with one attached hydrogen (secondary N) is 2. The zero-order chi connectivity index (χ0) is 13.8. The number of nitrogens with two attached hydrogens (primary N) is 1. The van der Waals surface area contributed by atoms with E-state index in [1.54, 1.807) is 0 Å². The van der Waals surface area contributed by atoms with Gasteiger partial charge in [-0.3, -0.25) is 14.9 Å². The van der Waals surface area contributed by atoms with E-state index in [1.165, 1.54) is 12.3 Å². The normalized spacial score (nSPS) is 10.7. The molecule has 0 aliphatic carbocycles. The first-order chi connectivity index (χ1) is 8.48. The van der Waals surface area contributed by atoms with Gasteiger partial charge in [0.05, 0.1) is 16.7 Å². The smallest absolute Gasteiger partial charge is 0.287 e. The Morgan fingerprint density at radius 2 is 2.11 bits per heavy atom. The van der Waals surface area contributed by atoms with Gasteiger partial charge < -0.3 is 16.0 Å². The molecule has 0 saturated heterocycles. The minimum atomic E-state index is -0.552. The first-order valence-corrected chi connectivity index (χ1v) is 5.83. The average Bonchev–Trinajstić information content (AvgIpc) is 2.86. The molecular formula is C11H19ClN4O3. The second kappa shape index (κ2) is 7.10. The van der Waals surface area contributed by atoms with Crippen molar-refractivity contribution in [3.8, 4) is 0 Å². The third kappa shape index (κ3) is 3.93. The second-order valence-corrected chi connectivity index (χ2v) is 4.17. The van der Waals surface area contributed by atoms with E-state index >= 15 is 0 Å². The van der Waals surface area contributed by atoms with E-state index in [1.807, 2.05) is 13.8 Å². The van der Waals surface area contributed by atoms with Crippen molar-refractivity contribution in [2.24, 2.45) is 5.73 Å². The van der Waals surface area contributed by atoms with Crippen LogP contribution in [-0.2, 0) is 0 Å². The van der Waals surface area contributed by atoms with Gasteiger partial charge in [0.15, 0.2) is 0 Å². The van der Waals surface area contributed by atoms with Crippen LogP contribution in [0.3, 0.4) is 0 Å². The number of hydrogen-bond acceptors (Lipinski definition) is 4. The molecule has 0 saturated carbocycles. The predicted molar refractivity (Wildman–Crippen MR) is 74.5 cm³/mol. The Hall–Kier alpha value is -1.60. The van der Waals surface area contributed by atoms with Crippen LogP contribution in [0.25, 0.3) is 0 Å². The summed E-state index contributed by atoms with van der Waals surface area (Å²) >= 11 is 0. The van der Waals surface area contributed by atoms with Gasteiger partial charge in [0.2, 0.25) is 0 Å². The molecule has 1 amide bonds. The number of H-pyrrole nitrogens is 1. The fourth-order valence-electron chi connectivity index (χ4n) is 1.69.